The number of aryl methyl sites for hydroxylation is 1. The molecule has 0 aliphatic rings. The molecule has 0 spiro atoms. The number of anilines is 1. The number of nitrogens with zero attached hydrogens (tertiary/aromatic N) is 4. The average Bonchev–Trinajstić information content (AvgIpc) is 3.28. The number of methoxy groups -OCH3 is 1. The van der Waals surface area contributed by atoms with Gasteiger partial charge in [0.25, 0.3) is 0 Å². The van der Waals surface area contributed by atoms with Gasteiger partial charge in [0, 0.05) is 23.0 Å². The van der Waals surface area contributed by atoms with E-state index in [0.29, 0.717) is 11.0 Å². The number of aromatic nitrogens is 3. The Balaban J connectivity index is 1.65. The Morgan fingerprint density at radius 3 is 2.26 bits per heavy atom. The van der Waals surface area contributed by atoms with Crippen molar-refractivity contribution in [3.05, 3.63) is 84.4 Å². The summed E-state index contributed by atoms with van der Waals surface area (Å²) in [6, 6.07) is 25.7. The van der Waals surface area contributed by atoms with Gasteiger partial charge in [0.1, 0.15) is 5.75 Å². The zero-order valence-corrected chi connectivity index (χ0v) is 20.6. The fourth-order valence-electron chi connectivity index (χ4n) is 3.73. The highest BCUT2D eigenvalue weighted by molar-refractivity contribution is 7.99. The molecule has 1 amide bonds. The van der Waals surface area contributed by atoms with Crippen LogP contribution in [0.2, 0.25) is 0 Å². The van der Waals surface area contributed by atoms with Crippen molar-refractivity contribution in [3.63, 3.8) is 0 Å². The van der Waals surface area contributed by atoms with E-state index in [2.05, 4.69) is 29.3 Å². The van der Waals surface area contributed by atoms with Gasteiger partial charge in [0.2, 0.25) is 5.91 Å². The Hall–Kier alpha value is -3.58. The van der Waals surface area contributed by atoms with Crippen LogP contribution < -0.4 is 9.64 Å². The van der Waals surface area contributed by atoms with Crippen LogP contribution in [0, 0.1) is 6.92 Å². The zero-order valence-electron chi connectivity index (χ0n) is 19.8. The van der Waals surface area contributed by atoms with Crippen LogP contribution in [-0.4, -0.2) is 39.6 Å². The molecular weight excluding hydrogens is 444 g/mol. The standard InChI is InChI=1S/C27H28N4O2S/c1-19(2)30(22-8-6-5-7-9-22)25(32)18-34-27-29-28-26(21-12-16-24(33-4)17-13-21)31(27)23-14-10-20(3)11-15-23/h5-17,19H,18H2,1-4H3. The monoisotopic (exact) mass is 472 g/mol. The van der Waals surface area contributed by atoms with Crippen molar-refractivity contribution in [1.82, 2.24) is 14.8 Å². The summed E-state index contributed by atoms with van der Waals surface area (Å²) >= 11 is 1.39. The minimum Gasteiger partial charge on any atom is -0.497 e. The van der Waals surface area contributed by atoms with Gasteiger partial charge in [0.15, 0.2) is 11.0 Å². The van der Waals surface area contributed by atoms with E-state index in [9.17, 15) is 4.79 Å². The molecule has 4 rings (SSSR count). The van der Waals surface area contributed by atoms with Crippen LogP contribution >= 0.6 is 11.8 Å². The molecule has 1 aromatic heterocycles. The summed E-state index contributed by atoms with van der Waals surface area (Å²) < 4.78 is 7.29. The van der Waals surface area contributed by atoms with Crippen LogP contribution in [0.15, 0.2) is 84.0 Å². The number of hydrogen-bond donors (Lipinski definition) is 0. The number of amides is 1. The molecule has 0 saturated carbocycles. The van der Waals surface area contributed by atoms with Crippen LogP contribution in [0.4, 0.5) is 5.69 Å². The van der Waals surface area contributed by atoms with Crippen molar-refractivity contribution >= 4 is 23.4 Å². The molecule has 174 valence electrons. The molecule has 6 nitrogen and oxygen atoms in total. The lowest BCUT2D eigenvalue weighted by Crippen LogP contribution is -2.38. The van der Waals surface area contributed by atoms with Gasteiger partial charge in [-0.05, 0) is 69.3 Å². The lowest BCUT2D eigenvalue weighted by molar-refractivity contribution is -0.116. The van der Waals surface area contributed by atoms with Gasteiger partial charge in [0.05, 0.1) is 12.9 Å². The highest BCUT2D eigenvalue weighted by Gasteiger charge is 2.22. The first-order chi connectivity index (χ1) is 16.5. The lowest BCUT2D eigenvalue weighted by atomic mass is 10.2. The van der Waals surface area contributed by atoms with E-state index in [0.717, 1.165) is 22.7 Å². The van der Waals surface area contributed by atoms with Gasteiger partial charge in [-0.1, -0.05) is 47.7 Å². The molecule has 0 fully saturated rings. The molecule has 3 aromatic carbocycles. The summed E-state index contributed by atoms with van der Waals surface area (Å²) in [5.74, 6) is 1.76. The molecule has 0 saturated heterocycles. The van der Waals surface area contributed by atoms with E-state index < -0.39 is 0 Å². The van der Waals surface area contributed by atoms with Gasteiger partial charge < -0.3 is 9.64 Å². The SMILES string of the molecule is COc1ccc(-c2nnc(SCC(=O)N(c3ccccc3)C(C)C)n2-c2ccc(C)cc2)cc1. The van der Waals surface area contributed by atoms with Crippen molar-refractivity contribution in [2.24, 2.45) is 0 Å². The molecule has 0 N–H and O–H groups in total. The molecule has 7 heteroatoms. The zero-order chi connectivity index (χ0) is 24.1. The van der Waals surface area contributed by atoms with Gasteiger partial charge in [-0.25, -0.2) is 0 Å². The van der Waals surface area contributed by atoms with Crippen molar-refractivity contribution in [1.29, 1.82) is 0 Å². The van der Waals surface area contributed by atoms with Crippen molar-refractivity contribution < 1.29 is 9.53 Å². The first-order valence-electron chi connectivity index (χ1n) is 11.1. The molecule has 1 heterocycles. The van der Waals surface area contributed by atoms with Crippen molar-refractivity contribution in [2.45, 2.75) is 32.0 Å². The largest absolute Gasteiger partial charge is 0.497 e. The first kappa shape index (κ1) is 23.6. The number of para-hydroxylation sites is 1. The van der Waals surface area contributed by atoms with Crippen LogP contribution in [-0.2, 0) is 4.79 Å². The normalized spacial score (nSPS) is 11.0. The summed E-state index contributed by atoms with van der Waals surface area (Å²) in [6.45, 7) is 6.09. The Labute approximate surface area is 204 Å². The van der Waals surface area contributed by atoms with Crippen LogP contribution in [0.1, 0.15) is 19.4 Å². The average molecular weight is 473 g/mol. The molecule has 0 unspecified atom stereocenters. The molecule has 0 atom stereocenters. The first-order valence-corrected chi connectivity index (χ1v) is 12.1. The van der Waals surface area contributed by atoms with Crippen molar-refractivity contribution in [3.8, 4) is 22.8 Å². The number of carbonyl (C=O) groups excluding carboxylic acids is 1. The molecule has 0 aliphatic carbocycles. The quantitative estimate of drug-likeness (QED) is 0.304. The fourth-order valence-corrected chi connectivity index (χ4v) is 4.54. The highest BCUT2D eigenvalue weighted by atomic mass is 32.2. The predicted molar refractivity (Wildman–Crippen MR) is 138 cm³/mol. The second kappa shape index (κ2) is 10.6. The summed E-state index contributed by atoms with van der Waals surface area (Å²) in [6.07, 6.45) is 0. The topological polar surface area (TPSA) is 60.3 Å². The maximum atomic E-state index is 13.2. The number of benzene rings is 3. The molecule has 34 heavy (non-hydrogen) atoms. The number of carbonyl (C=O) groups is 1. The maximum Gasteiger partial charge on any atom is 0.237 e. The van der Waals surface area contributed by atoms with Gasteiger partial charge in [-0.2, -0.15) is 0 Å². The second-order valence-corrected chi connectivity index (χ2v) is 9.13. The molecule has 4 aromatic rings. The Morgan fingerprint density at radius 1 is 0.971 bits per heavy atom. The minimum atomic E-state index is 0.0238. The summed E-state index contributed by atoms with van der Waals surface area (Å²) in [5, 5.41) is 9.61. The third-order valence-electron chi connectivity index (χ3n) is 5.42. The highest BCUT2D eigenvalue weighted by Crippen LogP contribution is 2.30. The van der Waals surface area contributed by atoms with Crippen LogP contribution in [0.25, 0.3) is 17.1 Å². The number of thioether (sulfide) groups is 1. The van der Waals surface area contributed by atoms with Gasteiger partial charge in [-0.15, -0.1) is 10.2 Å². The van der Waals surface area contributed by atoms with E-state index >= 15 is 0 Å². The smallest absolute Gasteiger partial charge is 0.237 e. The minimum absolute atomic E-state index is 0.0238. The van der Waals surface area contributed by atoms with Crippen LogP contribution in [0.5, 0.6) is 5.75 Å². The van der Waals surface area contributed by atoms with Crippen LogP contribution in [0.3, 0.4) is 0 Å². The Morgan fingerprint density at radius 2 is 1.65 bits per heavy atom. The summed E-state index contributed by atoms with van der Waals surface area (Å²) in [7, 11) is 1.64. The van der Waals surface area contributed by atoms with E-state index in [4.69, 9.17) is 4.74 Å². The number of rotatable bonds is 8. The maximum absolute atomic E-state index is 13.2. The third-order valence-corrected chi connectivity index (χ3v) is 6.33. The Bertz CT molecular complexity index is 1240. The van der Waals surface area contributed by atoms with Gasteiger partial charge in [-0.3, -0.25) is 9.36 Å². The number of ether oxygens (including phenoxy) is 1. The van der Waals surface area contributed by atoms with E-state index in [1.807, 2.05) is 90.0 Å². The predicted octanol–water partition coefficient (Wildman–Crippen LogP) is 5.79. The second-order valence-electron chi connectivity index (χ2n) is 8.19. The molecule has 0 bridgehead atoms. The molecular formula is C27H28N4O2S. The molecule has 0 aliphatic heterocycles. The van der Waals surface area contributed by atoms with Crippen molar-refractivity contribution in [2.75, 3.05) is 17.8 Å². The molecule has 0 radical (unpaired) electrons. The third kappa shape index (κ3) is 5.15. The van der Waals surface area contributed by atoms with E-state index in [-0.39, 0.29) is 17.7 Å². The number of hydrogen-bond acceptors (Lipinski definition) is 5. The summed E-state index contributed by atoms with van der Waals surface area (Å²) in [4.78, 5) is 15.1. The van der Waals surface area contributed by atoms with Gasteiger partial charge >= 0.3 is 0 Å². The van der Waals surface area contributed by atoms with E-state index in [1.165, 1.54) is 17.3 Å². The van der Waals surface area contributed by atoms with E-state index in [1.54, 1.807) is 7.11 Å². The summed E-state index contributed by atoms with van der Waals surface area (Å²) in [5.41, 5.74) is 3.92. The Kier molecular flexibility index (Phi) is 7.33. The lowest BCUT2D eigenvalue weighted by Gasteiger charge is -2.26. The fraction of sp³-hybridized carbons (Fsp3) is 0.222.